The first kappa shape index (κ1) is 29.0. The van der Waals surface area contributed by atoms with Crippen LogP contribution < -0.4 is 9.47 Å². The fraction of sp³-hybridized carbons (Fsp3) is 0.324. The molecule has 1 aliphatic carbocycles. The highest BCUT2D eigenvalue weighted by molar-refractivity contribution is 6.00. The van der Waals surface area contributed by atoms with Crippen LogP contribution in [0.25, 0.3) is 22.3 Å². The van der Waals surface area contributed by atoms with E-state index in [4.69, 9.17) is 4.74 Å². The SMILES string of the molecule is FCCCN1CCC(Oc2ccc(C3=C(c4ccc(OC(F)(F)F)cc4)CCCc4cc(-c5cn[nH]c5)ccc43)cc2)C1. The molecule has 0 amide bonds. The maximum Gasteiger partial charge on any atom is 0.573 e. The summed E-state index contributed by atoms with van der Waals surface area (Å²) in [6.45, 7) is 2.14. The number of H-pyrrole nitrogens is 1. The fourth-order valence-corrected chi connectivity index (χ4v) is 6.12. The number of aryl methyl sites for hydroxylation is 1. The van der Waals surface area contributed by atoms with Crippen molar-refractivity contribution < 1.29 is 27.0 Å². The Morgan fingerprint density at radius 1 is 0.884 bits per heavy atom. The number of halogens is 4. The molecule has 1 saturated heterocycles. The average molecular weight is 592 g/mol. The minimum Gasteiger partial charge on any atom is -0.489 e. The Kier molecular flexibility index (Phi) is 8.51. The van der Waals surface area contributed by atoms with E-state index < -0.39 is 6.36 Å². The molecule has 2 heterocycles. The van der Waals surface area contributed by atoms with Gasteiger partial charge in [0.2, 0.25) is 0 Å². The van der Waals surface area contributed by atoms with Crippen LogP contribution in [0.2, 0.25) is 0 Å². The number of benzene rings is 3. The first-order chi connectivity index (χ1) is 20.9. The molecule has 224 valence electrons. The number of allylic oxidation sites excluding steroid dienone is 1. The van der Waals surface area contributed by atoms with Crippen LogP contribution in [0.15, 0.2) is 79.1 Å². The Morgan fingerprint density at radius 3 is 2.35 bits per heavy atom. The first-order valence-electron chi connectivity index (χ1n) is 14.6. The molecule has 9 heteroatoms. The topological polar surface area (TPSA) is 50.4 Å². The summed E-state index contributed by atoms with van der Waals surface area (Å²) in [5, 5.41) is 6.97. The smallest absolute Gasteiger partial charge is 0.489 e. The van der Waals surface area contributed by atoms with Gasteiger partial charge in [0.1, 0.15) is 17.6 Å². The van der Waals surface area contributed by atoms with Gasteiger partial charge in [0.05, 0.1) is 12.9 Å². The summed E-state index contributed by atoms with van der Waals surface area (Å²) in [6, 6.07) is 20.6. The molecule has 4 aromatic rings. The van der Waals surface area contributed by atoms with Gasteiger partial charge in [0.25, 0.3) is 0 Å². The number of likely N-dealkylation sites (tertiary alicyclic amines) is 1. The van der Waals surface area contributed by atoms with Crippen LogP contribution in [0.1, 0.15) is 47.9 Å². The van der Waals surface area contributed by atoms with Gasteiger partial charge in [-0.05, 0) is 95.3 Å². The van der Waals surface area contributed by atoms with Crippen molar-refractivity contribution in [3.05, 3.63) is 101 Å². The second kappa shape index (κ2) is 12.6. The van der Waals surface area contributed by atoms with E-state index in [0.717, 1.165) is 90.0 Å². The standard InChI is InChI=1S/C34H33F4N3O2/c35-16-2-17-41-18-15-30(22-41)42-28-10-7-24(8-11-28)33-31(23-5-12-29(13-6-23)43-34(36,37)38)4-1-3-26-19-25(9-14-32(26)33)27-20-39-40-21-27/h5-14,19-21,30H,1-4,15-18,22H2,(H,39,40). The number of nitrogens with one attached hydrogen (secondary N) is 1. The average Bonchev–Trinajstić information content (AvgIpc) is 3.65. The Morgan fingerprint density at radius 2 is 1.63 bits per heavy atom. The molecule has 1 N–H and O–H groups in total. The van der Waals surface area contributed by atoms with Gasteiger partial charge in [-0.15, -0.1) is 13.2 Å². The van der Waals surface area contributed by atoms with Crippen LogP contribution in [-0.2, 0) is 6.42 Å². The van der Waals surface area contributed by atoms with Gasteiger partial charge >= 0.3 is 6.36 Å². The van der Waals surface area contributed by atoms with Crippen LogP contribution in [0.5, 0.6) is 11.5 Å². The normalized spacial score (nSPS) is 17.5. The molecular weight excluding hydrogens is 558 g/mol. The van der Waals surface area contributed by atoms with Crippen molar-refractivity contribution in [2.24, 2.45) is 0 Å². The van der Waals surface area contributed by atoms with Crippen LogP contribution in [0.4, 0.5) is 17.6 Å². The number of alkyl halides is 4. The zero-order chi connectivity index (χ0) is 29.8. The molecule has 1 atom stereocenters. The lowest BCUT2D eigenvalue weighted by molar-refractivity contribution is -0.274. The molecule has 0 bridgehead atoms. The molecule has 1 aliphatic heterocycles. The maximum absolute atomic E-state index is 12.8. The quantitative estimate of drug-likeness (QED) is 0.200. The summed E-state index contributed by atoms with van der Waals surface area (Å²) < 4.78 is 61.4. The minimum atomic E-state index is -4.74. The van der Waals surface area contributed by atoms with Crippen LogP contribution in [0, 0.1) is 0 Å². The van der Waals surface area contributed by atoms with Gasteiger partial charge in [-0.3, -0.25) is 14.4 Å². The summed E-state index contributed by atoms with van der Waals surface area (Å²) in [4.78, 5) is 2.24. The molecule has 1 aromatic heterocycles. The lowest BCUT2D eigenvalue weighted by Gasteiger charge is -2.19. The van der Waals surface area contributed by atoms with E-state index >= 15 is 0 Å². The molecule has 1 fully saturated rings. The third-order valence-electron chi connectivity index (χ3n) is 8.10. The van der Waals surface area contributed by atoms with Gasteiger partial charge in [0, 0.05) is 31.4 Å². The van der Waals surface area contributed by atoms with E-state index in [9.17, 15) is 17.6 Å². The Bertz CT molecular complexity index is 1550. The van der Waals surface area contributed by atoms with Gasteiger partial charge in [-0.1, -0.05) is 42.5 Å². The van der Waals surface area contributed by atoms with Crippen molar-refractivity contribution in [1.82, 2.24) is 15.1 Å². The van der Waals surface area contributed by atoms with Crippen molar-refractivity contribution in [2.45, 2.75) is 44.6 Å². The van der Waals surface area contributed by atoms with E-state index in [-0.39, 0.29) is 18.5 Å². The third kappa shape index (κ3) is 6.94. The predicted octanol–water partition coefficient (Wildman–Crippen LogP) is 8.08. The highest BCUT2D eigenvalue weighted by Gasteiger charge is 2.31. The van der Waals surface area contributed by atoms with Crippen LogP contribution in [0.3, 0.4) is 0 Å². The Hall–Kier alpha value is -4.11. The number of aromatic amines is 1. The molecule has 1 unspecified atom stereocenters. The summed E-state index contributed by atoms with van der Waals surface area (Å²) >= 11 is 0. The second-order valence-corrected chi connectivity index (χ2v) is 11.0. The summed E-state index contributed by atoms with van der Waals surface area (Å²) in [5.74, 6) is 0.537. The summed E-state index contributed by atoms with van der Waals surface area (Å²) in [6.07, 6.45) is 2.97. The molecule has 3 aromatic carbocycles. The largest absolute Gasteiger partial charge is 0.573 e. The van der Waals surface area contributed by atoms with Crippen molar-refractivity contribution in [3.8, 4) is 22.6 Å². The van der Waals surface area contributed by atoms with Gasteiger partial charge in [0.15, 0.2) is 0 Å². The van der Waals surface area contributed by atoms with Crippen molar-refractivity contribution in [1.29, 1.82) is 0 Å². The number of ether oxygens (including phenoxy) is 2. The molecule has 43 heavy (non-hydrogen) atoms. The molecule has 0 radical (unpaired) electrons. The van der Waals surface area contributed by atoms with E-state index in [1.165, 1.54) is 17.7 Å². The zero-order valence-electron chi connectivity index (χ0n) is 23.7. The van der Waals surface area contributed by atoms with Crippen molar-refractivity contribution >= 4 is 11.1 Å². The number of hydrogen-bond donors (Lipinski definition) is 1. The van der Waals surface area contributed by atoms with Crippen LogP contribution in [-0.4, -0.2) is 53.9 Å². The van der Waals surface area contributed by atoms with E-state index in [2.05, 4.69) is 50.2 Å². The molecular formula is C34H33F4N3O2. The second-order valence-electron chi connectivity index (χ2n) is 11.0. The molecule has 0 spiro atoms. The van der Waals surface area contributed by atoms with Crippen molar-refractivity contribution in [3.63, 3.8) is 0 Å². The number of aromatic nitrogens is 2. The van der Waals surface area contributed by atoms with E-state index in [0.29, 0.717) is 6.42 Å². The highest BCUT2D eigenvalue weighted by Crippen LogP contribution is 2.42. The molecule has 6 rings (SSSR count). The van der Waals surface area contributed by atoms with Gasteiger partial charge in [-0.25, -0.2) is 0 Å². The van der Waals surface area contributed by atoms with Crippen molar-refractivity contribution in [2.75, 3.05) is 26.3 Å². The maximum atomic E-state index is 12.8. The number of nitrogens with zero attached hydrogens (tertiary/aromatic N) is 2. The Labute approximate surface area is 248 Å². The number of fused-ring (bicyclic) bond motifs is 1. The monoisotopic (exact) mass is 591 g/mol. The van der Waals surface area contributed by atoms with E-state index in [1.54, 1.807) is 18.3 Å². The zero-order valence-corrected chi connectivity index (χ0v) is 23.7. The van der Waals surface area contributed by atoms with Gasteiger partial charge in [-0.2, -0.15) is 5.10 Å². The first-order valence-corrected chi connectivity index (χ1v) is 14.6. The predicted molar refractivity (Wildman–Crippen MR) is 159 cm³/mol. The van der Waals surface area contributed by atoms with E-state index in [1.807, 2.05) is 18.3 Å². The molecule has 5 nitrogen and oxygen atoms in total. The lowest BCUT2D eigenvalue weighted by atomic mass is 9.87. The third-order valence-corrected chi connectivity index (χ3v) is 8.10. The lowest BCUT2D eigenvalue weighted by Crippen LogP contribution is -2.26. The number of rotatable bonds is 9. The summed E-state index contributed by atoms with van der Waals surface area (Å²) in [5.41, 5.74) is 8.38. The number of hydrogen-bond acceptors (Lipinski definition) is 4. The molecule has 0 saturated carbocycles. The highest BCUT2D eigenvalue weighted by atomic mass is 19.4. The fourth-order valence-electron chi connectivity index (χ4n) is 6.12. The Balaban J connectivity index is 1.34. The minimum absolute atomic E-state index is 0.0672. The molecule has 2 aliphatic rings. The van der Waals surface area contributed by atoms with Gasteiger partial charge < -0.3 is 9.47 Å². The van der Waals surface area contributed by atoms with Crippen LogP contribution >= 0.6 is 0 Å². The summed E-state index contributed by atoms with van der Waals surface area (Å²) in [7, 11) is 0.